The van der Waals surface area contributed by atoms with E-state index in [0.717, 1.165) is 5.56 Å². The zero-order valence-corrected chi connectivity index (χ0v) is 11.4. The summed E-state index contributed by atoms with van der Waals surface area (Å²) in [5.74, 6) is -0.422. The number of aromatic nitrogens is 1. The monoisotopic (exact) mass is 288 g/mol. The highest BCUT2D eigenvalue weighted by Gasteiger charge is 2.10. The molecule has 5 heteroatoms. The lowest BCUT2D eigenvalue weighted by molar-refractivity contribution is 0.0956. The van der Waals surface area contributed by atoms with E-state index in [1.54, 1.807) is 36.4 Å². The fourth-order valence-corrected chi connectivity index (χ4v) is 1.84. The first-order valence-corrected chi connectivity index (χ1v) is 6.38. The van der Waals surface area contributed by atoms with E-state index in [2.05, 4.69) is 16.9 Å². The molecule has 0 bridgehead atoms. The van der Waals surface area contributed by atoms with Crippen LogP contribution >= 0.6 is 11.6 Å². The number of carbonyl (C=O) groups excluding carboxylic acids is 1. The van der Waals surface area contributed by atoms with Crippen LogP contribution in [0.1, 0.15) is 10.4 Å². The summed E-state index contributed by atoms with van der Waals surface area (Å²) in [5.41, 5.74) is 1.10. The zero-order valence-electron chi connectivity index (χ0n) is 10.7. The molecule has 0 fully saturated rings. The summed E-state index contributed by atoms with van der Waals surface area (Å²) in [7, 11) is 0. The highest BCUT2D eigenvalue weighted by Crippen LogP contribution is 2.18. The molecular weight excluding hydrogens is 276 g/mol. The van der Waals surface area contributed by atoms with E-state index in [1.807, 2.05) is 0 Å². The number of amides is 1. The molecule has 0 saturated carbocycles. The lowest BCUT2D eigenvalue weighted by atomic mass is 10.1. The second kappa shape index (κ2) is 6.21. The molecule has 1 aromatic heterocycles. The van der Waals surface area contributed by atoms with Crippen LogP contribution in [0, 0.1) is 0 Å². The van der Waals surface area contributed by atoms with Gasteiger partial charge < -0.3 is 10.3 Å². The van der Waals surface area contributed by atoms with Crippen LogP contribution in [-0.2, 0) is 0 Å². The Labute approximate surface area is 121 Å². The smallest absolute Gasteiger partial charge is 0.261 e. The van der Waals surface area contributed by atoms with Crippen LogP contribution < -0.4 is 10.9 Å². The fourth-order valence-electron chi connectivity index (χ4n) is 1.71. The maximum Gasteiger partial charge on any atom is 0.261 e. The minimum absolute atomic E-state index is 0.0737. The number of pyridine rings is 1. The zero-order chi connectivity index (χ0) is 14.5. The van der Waals surface area contributed by atoms with Gasteiger partial charge in [0.25, 0.3) is 11.5 Å². The third kappa shape index (κ3) is 3.16. The Kier molecular flexibility index (Phi) is 4.38. The molecule has 0 radical (unpaired) electrons. The summed E-state index contributed by atoms with van der Waals surface area (Å²) >= 11 is 5.81. The SMILES string of the molecule is C=CCNC(=O)c1ccc(-c2ccc(Cl)cc2)[nH]c1=O. The number of H-pyrrole nitrogens is 1. The summed E-state index contributed by atoms with van der Waals surface area (Å²) in [6, 6.07) is 10.3. The predicted octanol–water partition coefficient (Wildman–Crippen LogP) is 2.61. The molecule has 0 atom stereocenters. The Balaban J connectivity index is 2.30. The largest absolute Gasteiger partial charge is 0.348 e. The summed E-state index contributed by atoms with van der Waals surface area (Å²) in [6.45, 7) is 3.81. The van der Waals surface area contributed by atoms with Gasteiger partial charge in [0.2, 0.25) is 0 Å². The number of hydrogen-bond donors (Lipinski definition) is 2. The Hall–Kier alpha value is -2.33. The third-order valence-corrected chi connectivity index (χ3v) is 2.97. The van der Waals surface area contributed by atoms with Crippen LogP contribution in [0.25, 0.3) is 11.3 Å². The lowest BCUT2D eigenvalue weighted by Gasteiger charge is -2.05. The summed E-state index contributed by atoms with van der Waals surface area (Å²) in [6.07, 6.45) is 1.55. The Morgan fingerprint density at radius 3 is 2.55 bits per heavy atom. The number of hydrogen-bond acceptors (Lipinski definition) is 2. The van der Waals surface area contributed by atoms with Crippen molar-refractivity contribution in [1.29, 1.82) is 0 Å². The maximum atomic E-state index is 11.9. The number of carbonyl (C=O) groups is 1. The minimum Gasteiger partial charge on any atom is -0.348 e. The number of aromatic amines is 1. The van der Waals surface area contributed by atoms with Crippen LogP contribution in [0.5, 0.6) is 0 Å². The molecule has 0 aliphatic rings. The Bertz CT molecular complexity index is 690. The van der Waals surface area contributed by atoms with Crippen molar-refractivity contribution in [2.45, 2.75) is 0 Å². The van der Waals surface area contributed by atoms with Gasteiger partial charge in [-0.25, -0.2) is 0 Å². The molecule has 20 heavy (non-hydrogen) atoms. The van der Waals surface area contributed by atoms with Crippen molar-refractivity contribution in [3.63, 3.8) is 0 Å². The van der Waals surface area contributed by atoms with E-state index < -0.39 is 11.5 Å². The van der Waals surface area contributed by atoms with Crippen LogP contribution in [0.2, 0.25) is 5.02 Å². The molecule has 0 spiro atoms. The molecule has 4 nitrogen and oxygen atoms in total. The molecule has 2 N–H and O–H groups in total. The number of benzene rings is 1. The van der Waals surface area contributed by atoms with E-state index in [4.69, 9.17) is 11.6 Å². The number of halogens is 1. The molecule has 1 heterocycles. The topological polar surface area (TPSA) is 62.0 Å². The standard InChI is InChI=1S/C15H13ClN2O2/c1-2-9-17-14(19)12-7-8-13(18-15(12)20)10-3-5-11(16)6-4-10/h2-8H,1,9H2,(H,17,19)(H,18,20). The molecular formula is C15H13ClN2O2. The first kappa shape index (κ1) is 14.1. The molecule has 102 valence electrons. The molecule has 2 rings (SSSR count). The van der Waals surface area contributed by atoms with Crippen molar-refractivity contribution >= 4 is 17.5 Å². The number of nitrogens with one attached hydrogen (secondary N) is 2. The average Bonchev–Trinajstić information content (AvgIpc) is 2.45. The molecule has 1 amide bonds. The van der Waals surface area contributed by atoms with E-state index in [1.165, 1.54) is 6.07 Å². The van der Waals surface area contributed by atoms with Crippen molar-refractivity contribution < 1.29 is 4.79 Å². The van der Waals surface area contributed by atoms with Crippen molar-refractivity contribution in [3.8, 4) is 11.3 Å². The normalized spacial score (nSPS) is 10.1. The van der Waals surface area contributed by atoms with Crippen LogP contribution in [0.15, 0.2) is 53.8 Å². The van der Waals surface area contributed by atoms with Gasteiger partial charge in [-0.15, -0.1) is 6.58 Å². The Morgan fingerprint density at radius 1 is 1.25 bits per heavy atom. The molecule has 0 aliphatic carbocycles. The first-order chi connectivity index (χ1) is 9.61. The van der Waals surface area contributed by atoms with Crippen molar-refractivity contribution in [3.05, 3.63) is 70.0 Å². The maximum absolute atomic E-state index is 11.9. The van der Waals surface area contributed by atoms with E-state index in [-0.39, 0.29) is 5.56 Å². The van der Waals surface area contributed by atoms with Gasteiger partial charge in [0, 0.05) is 17.3 Å². The molecule has 0 saturated heterocycles. The summed E-state index contributed by atoms with van der Waals surface area (Å²) in [5, 5.41) is 3.18. The molecule has 0 unspecified atom stereocenters. The highest BCUT2D eigenvalue weighted by molar-refractivity contribution is 6.30. The van der Waals surface area contributed by atoms with Gasteiger partial charge in [-0.3, -0.25) is 9.59 Å². The van der Waals surface area contributed by atoms with Gasteiger partial charge in [-0.2, -0.15) is 0 Å². The second-order valence-electron chi connectivity index (χ2n) is 4.12. The lowest BCUT2D eigenvalue weighted by Crippen LogP contribution is -2.29. The average molecular weight is 289 g/mol. The Morgan fingerprint density at radius 2 is 1.95 bits per heavy atom. The van der Waals surface area contributed by atoms with Crippen molar-refractivity contribution in [2.24, 2.45) is 0 Å². The third-order valence-electron chi connectivity index (χ3n) is 2.72. The number of rotatable bonds is 4. The summed E-state index contributed by atoms with van der Waals surface area (Å²) in [4.78, 5) is 26.3. The van der Waals surface area contributed by atoms with Crippen LogP contribution in [0.4, 0.5) is 0 Å². The molecule has 1 aromatic carbocycles. The van der Waals surface area contributed by atoms with Crippen LogP contribution in [-0.4, -0.2) is 17.4 Å². The second-order valence-corrected chi connectivity index (χ2v) is 4.56. The van der Waals surface area contributed by atoms with Gasteiger partial charge in [0.05, 0.1) is 0 Å². The van der Waals surface area contributed by atoms with Crippen molar-refractivity contribution in [1.82, 2.24) is 10.3 Å². The fraction of sp³-hybridized carbons (Fsp3) is 0.0667. The first-order valence-electron chi connectivity index (χ1n) is 6.00. The van der Waals surface area contributed by atoms with Gasteiger partial charge in [0.1, 0.15) is 5.56 Å². The quantitative estimate of drug-likeness (QED) is 0.850. The van der Waals surface area contributed by atoms with Gasteiger partial charge in [-0.1, -0.05) is 29.8 Å². The van der Waals surface area contributed by atoms with Crippen molar-refractivity contribution in [2.75, 3.05) is 6.54 Å². The van der Waals surface area contributed by atoms with Gasteiger partial charge >= 0.3 is 0 Å². The highest BCUT2D eigenvalue weighted by atomic mass is 35.5. The summed E-state index contributed by atoms with van der Waals surface area (Å²) < 4.78 is 0. The predicted molar refractivity (Wildman–Crippen MR) is 80.0 cm³/mol. The van der Waals surface area contributed by atoms with E-state index >= 15 is 0 Å². The van der Waals surface area contributed by atoms with Gasteiger partial charge in [0.15, 0.2) is 0 Å². The molecule has 0 aliphatic heterocycles. The van der Waals surface area contributed by atoms with E-state index in [0.29, 0.717) is 17.3 Å². The van der Waals surface area contributed by atoms with Gasteiger partial charge in [-0.05, 0) is 29.8 Å². The minimum atomic E-state index is -0.431. The van der Waals surface area contributed by atoms with E-state index in [9.17, 15) is 9.59 Å². The van der Waals surface area contributed by atoms with Crippen LogP contribution in [0.3, 0.4) is 0 Å². The molecule has 2 aromatic rings.